The Morgan fingerprint density at radius 1 is 0.730 bits per heavy atom. The van der Waals surface area contributed by atoms with Crippen LogP contribution >= 0.6 is 0 Å². The van der Waals surface area contributed by atoms with Crippen LogP contribution in [-0.4, -0.2) is 15.9 Å². The number of hydrogen-bond acceptors (Lipinski definition) is 4. The van der Waals surface area contributed by atoms with E-state index in [-0.39, 0.29) is 5.56 Å². The highest BCUT2D eigenvalue weighted by Crippen LogP contribution is 2.22. The Bertz CT molecular complexity index is 1780. The maximum atomic E-state index is 13.3. The van der Waals surface area contributed by atoms with Crippen LogP contribution in [0.1, 0.15) is 11.1 Å². The summed E-state index contributed by atoms with van der Waals surface area (Å²) < 4.78 is 7.42. The first kappa shape index (κ1) is 22.4. The van der Waals surface area contributed by atoms with Gasteiger partial charge in [-0.05, 0) is 58.3 Å². The minimum absolute atomic E-state index is 0.212. The largest absolute Gasteiger partial charge is 0.489 e. The lowest BCUT2D eigenvalue weighted by Crippen LogP contribution is -2.20. The summed E-state index contributed by atoms with van der Waals surface area (Å²) in [6, 6.07) is 39.1. The van der Waals surface area contributed by atoms with Crippen molar-refractivity contribution in [2.24, 2.45) is 5.10 Å². The van der Waals surface area contributed by atoms with Gasteiger partial charge in [0.2, 0.25) is 0 Å². The van der Waals surface area contributed by atoms with E-state index in [2.05, 4.69) is 29.4 Å². The zero-order valence-electron chi connectivity index (χ0n) is 20.0. The number of hydrogen-bond donors (Lipinski definition) is 0. The highest BCUT2D eigenvalue weighted by atomic mass is 16.5. The summed E-state index contributed by atoms with van der Waals surface area (Å²) >= 11 is 0. The molecule has 5 nitrogen and oxygen atoms in total. The zero-order chi connectivity index (χ0) is 25.0. The molecule has 37 heavy (non-hydrogen) atoms. The van der Waals surface area contributed by atoms with Crippen LogP contribution in [0, 0.1) is 0 Å². The third-order valence-corrected chi connectivity index (χ3v) is 6.26. The number of para-hydroxylation sites is 1. The predicted octanol–water partition coefficient (Wildman–Crippen LogP) is 6.68. The van der Waals surface area contributed by atoms with E-state index in [0.29, 0.717) is 23.3 Å². The number of ether oxygens (including phenoxy) is 1. The van der Waals surface area contributed by atoms with Crippen LogP contribution < -0.4 is 10.3 Å². The van der Waals surface area contributed by atoms with Gasteiger partial charge in [0.25, 0.3) is 5.56 Å². The van der Waals surface area contributed by atoms with Crippen molar-refractivity contribution in [3.05, 3.63) is 143 Å². The molecule has 0 fully saturated rings. The summed E-state index contributed by atoms with van der Waals surface area (Å²) in [4.78, 5) is 18.0. The van der Waals surface area contributed by atoms with E-state index < -0.39 is 0 Å². The summed E-state index contributed by atoms with van der Waals surface area (Å²) in [5.41, 5.74) is 3.23. The van der Waals surface area contributed by atoms with Crippen molar-refractivity contribution in [3.8, 4) is 17.1 Å². The summed E-state index contributed by atoms with van der Waals surface area (Å²) in [5.74, 6) is 1.26. The van der Waals surface area contributed by atoms with Crippen LogP contribution in [0.4, 0.5) is 0 Å². The first-order valence-corrected chi connectivity index (χ1v) is 12.1. The van der Waals surface area contributed by atoms with Crippen molar-refractivity contribution in [3.63, 3.8) is 0 Å². The maximum Gasteiger partial charge on any atom is 0.282 e. The fourth-order valence-corrected chi connectivity index (χ4v) is 4.36. The summed E-state index contributed by atoms with van der Waals surface area (Å²) in [5, 5.41) is 7.45. The molecule has 1 heterocycles. The molecule has 5 heteroatoms. The van der Waals surface area contributed by atoms with E-state index in [1.54, 1.807) is 12.3 Å². The minimum Gasteiger partial charge on any atom is -0.489 e. The number of fused-ring (bicyclic) bond motifs is 2. The van der Waals surface area contributed by atoms with Crippen molar-refractivity contribution >= 4 is 27.9 Å². The summed E-state index contributed by atoms with van der Waals surface area (Å²) in [6.07, 6.45) is 1.67. The lowest BCUT2D eigenvalue weighted by atomic mass is 10.1. The Morgan fingerprint density at radius 3 is 2.27 bits per heavy atom. The SMILES string of the molecule is O=c1c2ccccc2nc(-c2ccccc2)n1N=Cc1ccc(OCc2cccc3ccccc23)cc1. The topological polar surface area (TPSA) is 56.5 Å². The molecule has 0 amide bonds. The monoisotopic (exact) mass is 481 g/mol. The summed E-state index contributed by atoms with van der Waals surface area (Å²) in [6.45, 7) is 0.480. The number of aromatic nitrogens is 2. The molecule has 6 rings (SSSR count). The van der Waals surface area contributed by atoms with Gasteiger partial charge >= 0.3 is 0 Å². The van der Waals surface area contributed by atoms with Gasteiger partial charge in [0, 0.05) is 5.56 Å². The Labute approximate surface area is 213 Å². The molecule has 0 aliphatic heterocycles. The normalized spacial score (nSPS) is 11.4. The number of benzene rings is 5. The quantitative estimate of drug-likeness (QED) is 0.249. The van der Waals surface area contributed by atoms with Gasteiger partial charge in [0.05, 0.1) is 17.1 Å². The van der Waals surface area contributed by atoms with Crippen LogP contribution in [-0.2, 0) is 6.61 Å². The summed E-state index contributed by atoms with van der Waals surface area (Å²) in [7, 11) is 0. The zero-order valence-corrected chi connectivity index (χ0v) is 20.0. The van der Waals surface area contributed by atoms with E-state index in [1.165, 1.54) is 15.4 Å². The Hall–Kier alpha value is -5.03. The molecule has 0 saturated heterocycles. The second-order valence-electron chi connectivity index (χ2n) is 8.68. The Balaban J connectivity index is 1.26. The molecule has 1 aromatic heterocycles. The third-order valence-electron chi connectivity index (χ3n) is 6.26. The highest BCUT2D eigenvalue weighted by molar-refractivity contribution is 5.85. The van der Waals surface area contributed by atoms with E-state index in [9.17, 15) is 4.79 Å². The molecule has 0 bridgehead atoms. The predicted molar refractivity (Wildman–Crippen MR) is 149 cm³/mol. The van der Waals surface area contributed by atoms with E-state index in [0.717, 1.165) is 22.4 Å². The molecule has 6 aromatic rings. The molecule has 0 spiro atoms. The molecule has 0 saturated carbocycles. The van der Waals surface area contributed by atoms with Gasteiger partial charge in [0.15, 0.2) is 5.82 Å². The molecule has 0 aliphatic carbocycles. The minimum atomic E-state index is -0.212. The van der Waals surface area contributed by atoms with Gasteiger partial charge in [-0.25, -0.2) is 4.98 Å². The van der Waals surface area contributed by atoms with Crippen molar-refractivity contribution in [2.45, 2.75) is 6.61 Å². The number of nitrogens with zero attached hydrogens (tertiary/aromatic N) is 3. The van der Waals surface area contributed by atoms with Crippen molar-refractivity contribution < 1.29 is 4.74 Å². The van der Waals surface area contributed by atoms with Gasteiger partial charge < -0.3 is 4.74 Å². The Morgan fingerprint density at radius 2 is 1.43 bits per heavy atom. The van der Waals surface area contributed by atoms with E-state index in [1.807, 2.05) is 91.0 Å². The molecular formula is C32H23N3O2. The second-order valence-corrected chi connectivity index (χ2v) is 8.68. The first-order chi connectivity index (χ1) is 18.3. The fourth-order valence-electron chi connectivity index (χ4n) is 4.36. The smallest absolute Gasteiger partial charge is 0.282 e. The molecule has 0 atom stereocenters. The Kier molecular flexibility index (Phi) is 6.01. The molecule has 0 unspecified atom stereocenters. The van der Waals surface area contributed by atoms with Gasteiger partial charge in [-0.15, -0.1) is 0 Å². The molecule has 5 aromatic carbocycles. The standard InChI is InChI=1S/C32H23N3O2/c36-32-29-15-6-7-16-30(29)34-31(25-10-2-1-3-11-25)35(32)33-21-23-17-19-27(20-18-23)37-22-26-13-8-12-24-9-4-5-14-28(24)26/h1-21H,22H2. The third kappa shape index (κ3) is 4.62. The van der Waals surface area contributed by atoms with E-state index in [4.69, 9.17) is 9.72 Å². The maximum absolute atomic E-state index is 13.3. The molecule has 0 aliphatic rings. The lowest BCUT2D eigenvalue weighted by Gasteiger charge is -2.10. The van der Waals surface area contributed by atoms with Crippen molar-refractivity contribution in [1.29, 1.82) is 0 Å². The van der Waals surface area contributed by atoms with Crippen LogP contribution in [0.2, 0.25) is 0 Å². The van der Waals surface area contributed by atoms with Gasteiger partial charge in [0.1, 0.15) is 12.4 Å². The van der Waals surface area contributed by atoms with Crippen molar-refractivity contribution in [1.82, 2.24) is 9.66 Å². The van der Waals surface area contributed by atoms with Crippen LogP contribution in [0.3, 0.4) is 0 Å². The van der Waals surface area contributed by atoms with E-state index >= 15 is 0 Å². The van der Waals surface area contributed by atoms with Crippen LogP contribution in [0.25, 0.3) is 33.1 Å². The second kappa shape index (κ2) is 9.91. The van der Waals surface area contributed by atoms with Gasteiger partial charge in [-0.3, -0.25) is 4.79 Å². The number of rotatable bonds is 6. The van der Waals surface area contributed by atoms with Crippen LogP contribution in [0.15, 0.2) is 131 Å². The molecular weight excluding hydrogens is 458 g/mol. The molecule has 0 N–H and O–H groups in total. The molecule has 178 valence electrons. The molecule has 0 radical (unpaired) electrons. The first-order valence-electron chi connectivity index (χ1n) is 12.1. The van der Waals surface area contributed by atoms with Crippen molar-refractivity contribution in [2.75, 3.05) is 0 Å². The average molecular weight is 482 g/mol. The van der Waals surface area contributed by atoms with Crippen LogP contribution in [0.5, 0.6) is 5.75 Å². The lowest BCUT2D eigenvalue weighted by molar-refractivity contribution is 0.307. The highest BCUT2D eigenvalue weighted by Gasteiger charge is 2.12. The fraction of sp³-hybridized carbons (Fsp3) is 0.0312. The average Bonchev–Trinajstić information content (AvgIpc) is 2.96. The van der Waals surface area contributed by atoms with Gasteiger partial charge in [-0.1, -0.05) is 84.9 Å². The van der Waals surface area contributed by atoms with Gasteiger partial charge in [-0.2, -0.15) is 9.78 Å².